The van der Waals surface area contributed by atoms with Crippen molar-refractivity contribution in [2.45, 2.75) is 13.5 Å². The van der Waals surface area contributed by atoms with E-state index < -0.39 is 0 Å². The van der Waals surface area contributed by atoms with Gasteiger partial charge in [-0.15, -0.1) is 0 Å². The third kappa shape index (κ3) is 3.03. The van der Waals surface area contributed by atoms with Crippen molar-refractivity contribution in [3.05, 3.63) is 35.6 Å². The van der Waals surface area contributed by atoms with Gasteiger partial charge >= 0.3 is 0 Å². The quantitative estimate of drug-likeness (QED) is 0.794. The number of likely N-dealkylation sites (N-methyl/N-ethyl adjacent to an activating group) is 1. The summed E-state index contributed by atoms with van der Waals surface area (Å²) in [6.45, 7) is 5.72. The summed E-state index contributed by atoms with van der Waals surface area (Å²) >= 11 is 0. The number of nitrogens with zero attached hydrogens (tertiary/aromatic N) is 2. The highest BCUT2D eigenvalue weighted by molar-refractivity contribution is 5.79. The molecule has 2 rings (SSSR count). The number of hydrogen-bond acceptors (Lipinski definition) is 2. The number of hydrogen-bond donors (Lipinski definition) is 0. The van der Waals surface area contributed by atoms with Gasteiger partial charge in [0.05, 0.1) is 6.54 Å². The van der Waals surface area contributed by atoms with E-state index in [1.165, 1.54) is 12.1 Å². The van der Waals surface area contributed by atoms with Crippen LogP contribution < -0.4 is 0 Å². The van der Waals surface area contributed by atoms with Crippen molar-refractivity contribution >= 4 is 5.91 Å². The molecule has 1 amide bonds. The van der Waals surface area contributed by atoms with Gasteiger partial charge in [0.15, 0.2) is 0 Å². The van der Waals surface area contributed by atoms with Crippen molar-refractivity contribution in [1.82, 2.24) is 9.80 Å². The van der Waals surface area contributed by atoms with Crippen molar-refractivity contribution in [2.75, 3.05) is 26.2 Å². The van der Waals surface area contributed by atoms with Gasteiger partial charge in [-0.3, -0.25) is 9.69 Å². The van der Waals surface area contributed by atoms with Gasteiger partial charge in [0, 0.05) is 19.6 Å². The lowest BCUT2D eigenvalue weighted by Gasteiger charge is -2.33. The first-order valence-electron chi connectivity index (χ1n) is 5.93. The second-order valence-corrected chi connectivity index (χ2v) is 4.31. The first kappa shape index (κ1) is 12.0. The zero-order valence-corrected chi connectivity index (χ0v) is 10.0. The highest BCUT2D eigenvalue weighted by atomic mass is 19.1. The Balaban J connectivity index is 1.96. The molecule has 1 fully saturated rings. The molecular formula is C13H17FN2O. The van der Waals surface area contributed by atoms with Crippen LogP contribution in [0.3, 0.4) is 0 Å². The Morgan fingerprint density at radius 3 is 2.53 bits per heavy atom. The molecule has 0 N–H and O–H groups in total. The van der Waals surface area contributed by atoms with Crippen molar-refractivity contribution in [1.29, 1.82) is 0 Å². The van der Waals surface area contributed by atoms with E-state index in [0.717, 1.165) is 25.2 Å². The van der Waals surface area contributed by atoms with E-state index in [9.17, 15) is 9.18 Å². The Kier molecular flexibility index (Phi) is 3.74. The molecule has 0 saturated carbocycles. The van der Waals surface area contributed by atoms with Crippen molar-refractivity contribution < 1.29 is 9.18 Å². The Morgan fingerprint density at radius 1 is 1.24 bits per heavy atom. The average Bonchev–Trinajstić information content (AvgIpc) is 2.34. The normalized spacial score (nSPS) is 17.5. The average molecular weight is 236 g/mol. The largest absolute Gasteiger partial charge is 0.336 e. The molecule has 1 aliphatic rings. The van der Waals surface area contributed by atoms with Crippen LogP contribution in [0.15, 0.2) is 24.3 Å². The Morgan fingerprint density at radius 2 is 1.94 bits per heavy atom. The number of benzene rings is 1. The predicted octanol–water partition coefficient (Wildman–Crippen LogP) is 1.49. The van der Waals surface area contributed by atoms with Crippen LogP contribution in [0, 0.1) is 5.82 Å². The molecule has 0 unspecified atom stereocenters. The minimum Gasteiger partial charge on any atom is -0.336 e. The lowest BCUT2D eigenvalue weighted by molar-refractivity contribution is -0.136. The predicted molar refractivity (Wildman–Crippen MR) is 63.9 cm³/mol. The second kappa shape index (κ2) is 5.27. The van der Waals surface area contributed by atoms with E-state index in [1.807, 2.05) is 4.90 Å². The molecule has 0 atom stereocenters. The molecule has 0 aliphatic carbocycles. The number of halogens is 1. The van der Waals surface area contributed by atoms with E-state index >= 15 is 0 Å². The molecular weight excluding hydrogens is 219 g/mol. The van der Waals surface area contributed by atoms with Gasteiger partial charge in [0.2, 0.25) is 5.91 Å². The summed E-state index contributed by atoms with van der Waals surface area (Å²) in [5.41, 5.74) is 0.977. The van der Waals surface area contributed by atoms with Crippen LogP contribution in [0.25, 0.3) is 0 Å². The molecule has 1 aromatic carbocycles. The van der Waals surface area contributed by atoms with Crippen LogP contribution >= 0.6 is 0 Å². The highest BCUT2D eigenvalue weighted by Gasteiger charge is 2.22. The van der Waals surface area contributed by atoms with E-state index in [0.29, 0.717) is 13.1 Å². The number of carbonyl (C=O) groups excluding carboxylic acids is 1. The van der Waals surface area contributed by atoms with Crippen LogP contribution in [0.4, 0.5) is 4.39 Å². The number of carbonyl (C=O) groups is 1. The fourth-order valence-corrected chi connectivity index (χ4v) is 2.00. The van der Waals surface area contributed by atoms with Crippen LogP contribution in [0.1, 0.15) is 12.5 Å². The number of piperazine rings is 1. The molecule has 0 bridgehead atoms. The molecule has 0 aromatic heterocycles. The molecule has 0 radical (unpaired) electrons. The molecule has 1 heterocycles. The maximum absolute atomic E-state index is 12.8. The van der Waals surface area contributed by atoms with Crippen LogP contribution in [0.5, 0.6) is 0 Å². The van der Waals surface area contributed by atoms with Gasteiger partial charge < -0.3 is 4.90 Å². The zero-order valence-electron chi connectivity index (χ0n) is 10.0. The maximum atomic E-state index is 12.8. The monoisotopic (exact) mass is 236 g/mol. The van der Waals surface area contributed by atoms with E-state index in [1.54, 1.807) is 12.1 Å². The topological polar surface area (TPSA) is 23.6 Å². The Labute approximate surface area is 101 Å². The Hall–Kier alpha value is -1.42. The summed E-state index contributed by atoms with van der Waals surface area (Å²) in [5.74, 6) is -0.0849. The molecule has 0 spiro atoms. The third-order valence-electron chi connectivity index (χ3n) is 3.13. The van der Waals surface area contributed by atoms with E-state index in [-0.39, 0.29) is 11.7 Å². The second-order valence-electron chi connectivity index (χ2n) is 4.31. The summed E-state index contributed by atoms with van der Waals surface area (Å²) in [6.07, 6.45) is 0. The highest BCUT2D eigenvalue weighted by Crippen LogP contribution is 2.10. The third-order valence-corrected chi connectivity index (χ3v) is 3.13. The Bertz CT molecular complexity index is 391. The minimum absolute atomic E-state index is 0.155. The first-order valence-corrected chi connectivity index (χ1v) is 5.93. The number of rotatable bonds is 3. The van der Waals surface area contributed by atoms with Crippen LogP contribution in [-0.2, 0) is 11.3 Å². The van der Waals surface area contributed by atoms with Gasteiger partial charge in [-0.05, 0) is 24.2 Å². The number of amides is 1. The van der Waals surface area contributed by atoms with Gasteiger partial charge in [0.1, 0.15) is 5.82 Å². The summed E-state index contributed by atoms with van der Waals surface area (Å²) in [5, 5.41) is 0. The smallest absolute Gasteiger partial charge is 0.237 e. The summed E-state index contributed by atoms with van der Waals surface area (Å²) in [4.78, 5) is 15.8. The van der Waals surface area contributed by atoms with E-state index in [2.05, 4.69) is 11.8 Å². The maximum Gasteiger partial charge on any atom is 0.237 e. The lowest BCUT2D eigenvalue weighted by Crippen LogP contribution is -2.49. The molecule has 3 nitrogen and oxygen atoms in total. The summed E-state index contributed by atoms with van der Waals surface area (Å²) in [7, 11) is 0. The van der Waals surface area contributed by atoms with Gasteiger partial charge in [-0.2, -0.15) is 0 Å². The first-order chi connectivity index (χ1) is 8.19. The van der Waals surface area contributed by atoms with Gasteiger partial charge in [-0.1, -0.05) is 19.1 Å². The standard InChI is InChI=1S/C13H17FN2O/c1-2-15-7-8-16(13(17)10-15)9-11-3-5-12(14)6-4-11/h3-6H,2,7-10H2,1H3. The van der Waals surface area contributed by atoms with Gasteiger partial charge in [-0.25, -0.2) is 4.39 Å². The molecule has 4 heteroatoms. The molecule has 92 valence electrons. The van der Waals surface area contributed by atoms with Crippen molar-refractivity contribution in [2.24, 2.45) is 0 Å². The fourth-order valence-electron chi connectivity index (χ4n) is 2.00. The van der Waals surface area contributed by atoms with Crippen LogP contribution in [0.2, 0.25) is 0 Å². The van der Waals surface area contributed by atoms with Crippen molar-refractivity contribution in [3.8, 4) is 0 Å². The SMILES string of the molecule is CCN1CCN(Cc2ccc(F)cc2)C(=O)C1. The van der Waals surface area contributed by atoms with Gasteiger partial charge in [0.25, 0.3) is 0 Å². The minimum atomic E-state index is -0.240. The molecule has 1 saturated heterocycles. The lowest BCUT2D eigenvalue weighted by atomic mass is 10.2. The molecule has 1 aromatic rings. The summed E-state index contributed by atoms with van der Waals surface area (Å²) < 4.78 is 12.8. The fraction of sp³-hybridized carbons (Fsp3) is 0.462. The summed E-state index contributed by atoms with van der Waals surface area (Å²) in [6, 6.07) is 6.33. The molecule has 1 aliphatic heterocycles. The molecule has 17 heavy (non-hydrogen) atoms. The van der Waals surface area contributed by atoms with Crippen LogP contribution in [-0.4, -0.2) is 41.9 Å². The van der Waals surface area contributed by atoms with E-state index in [4.69, 9.17) is 0 Å². The van der Waals surface area contributed by atoms with Crippen molar-refractivity contribution in [3.63, 3.8) is 0 Å². The zero-order chi connectivity index (χ0) is 12.3.